The van der Waals surface area contributed by atoms with Gasteiger partial charge >= 0.3 is 6.18 Å². The first kappa shape index (κ1) is 17.8. The molecule has 0 atom stereocenters. The second-order valence-corrected chi connectivity index (χ2v) is 4.84. The summed E-state index contributed by atoms with van der Waals surface area (Å²) in [6.07, 6.45) is -1.34. The lowest BCUT2D eigenvalue weighted by molar-refractivity contribution is -0.139. The number of nitrogens with one attached hydrogen (secondary N) is 1. The summed E-state index contributed by atoms with van der Waals surface area (Å²) in [7, 11) is 1.68. The SMILES string of the molecule is CNCc1ccc(OCCCCCCO)c(C(F)(F)F)c1. The van der Waals surface area contributed by atoms with Gasteiger partial charge in [0.05, 0.1) is 12.2 Å². The molecule has 120 valence electrons. The lowest BCUT2D eigenvalue weighted by atomic mass is 10.1. The van der Waals surface area contributed by atoms with Crippen LogP contribution in [0, 0.1) is 0 Å². The molecule has 0 unspecified atom stereocenters. The van der Waals surface area contributed by atoms with Crippen LogP contribution in [0.2, 0.25) is 0 Å². The quantitative estimate of drug-likeness (QED) is 0.687. The van der Waals surface area contributed by atoms with Crippen molar-refractivity contribution in [3.05, 3.63) is 29.3 Å². The molecule has 0 aromatic heterocycles. The van der Waals surface area contributed by atoms with Gasteiger partial charge in [-0.3, -0.25) is 0 Å². The fourth-order valence-corrected chi connectivity index (χ4v) is 1.99. The number of unbranched alkanes of at least 4 members (excludes halogenated alkanes) is 3. The summed E-state index contributed by atoms with van der Waals surface area (Å²) in [6.45, 7) is 0.774. The van der Waals surface area contributed by atoms with E-state index in [1.165, 1.54) is 6.07 Å². The van der Waals surface area contributed by atoms with Crippen molar-refractivity contribution in [2.45, 2.75) is 38.4 Å². The first-order chi connectivity index (χ1) is 9.99. The molecule has 0 saturated carbocycles. The maximum absolute atomic E-state index is 13.0. The van der Waals surface area contributed by atoms with Crippen molar-refractivity contribution in [2.75, 3.05) is 20.3 Å². The molecule has 0 saturated heterocycles. The molecule has 0 fully saturated rings. The van der Waals surface area contributed by atoms with E-state index in [0.29, 0.717) is 24.9 Å². The number of aliphatic hydroxyl groups excluding tert-OH is 1. The van der Waals surface area contributed by atoms with Crippen LogP contribution in [0.25, 0.3) is 0 Å². The van der Waals surface area contributed by atoms with Crippen LogP contribution in [0.3, 0.4) is 0 Å². The fourth-order valence-electron chi connectivity index (χ4n) is 1.99. The number of rotatable bonds is 9. The van der Waals surface area contributed by atoms with E-state index in [1.54, 1.807) is 13.1 Å². The molecule has 0 aliphatic heterocycles. The van der Waals surface area contributed by atoms with Gasteiger partial charge in [0.15, 0.2) is 0 Å². The van der Waals surface area contributed by atoms with Crippen molar-refractivity contribution in [3.8, 4) is 5.75 Å². The van der Waals surface area contributed by atoms with E-state index in [0.717, 1.165) is 18.9 Å². The summed E-state index contributed by atoms with van der Waals surface area (Å²) in [5.41, 5.74) is -0.161. The minimum Gasteiger partial charge on any atom is -0.493 e. The van der Waals surface area contributed by atoms with Crippen LogP contribution in [-0.2, 0) is 12.7 Å². The van der Waals surface area contributed by atoms with Crippen molar-refractivity contribution >= 4 is 0 Å². The van der Waals surface area contributed by atoms with E-state index >= 15 is 0 Å². The highest BCUT2D eigenvalue weighted by Crippen LogP contribution is 2.37. The van der Waals surface area contributed by atoms with Crippen molar-refractivity contribution < 1.29 is 23.0 Å². The summed E-state index contributed by atoms with van der Waals surface area (Å²) >= 11 is 0. The molecule has 0 heterocycles. The van der Waals surface area contributed by atoms with Gasteiger partial charge in [0.25, 0.3) is 0 Å². The number of hydrogen-bond donors (Lipinski definition) is 2. The van der Waals surface area contributed by atoms with Crippen LogP contribution in [0.5, 0.6) is 5.75 Å². The number of ether oxygens (including phenoxy) is 1. The maximum Gasteiger partial charge on any atom is 0.419 e. The molecule has 3 nitrogen and oxygen atoms in total. The van der Waals surface area contributed by atoms with Crippen LogP contribution in [0.1, 0.15) is 36.8 Å². The largest absolute Gasteiger partial charge is 0.493 e. The van der Waals surface area contributed by atoms with Crippen LogP contribution < -0.4 is 10.1 Å². The monoisotopic (exact) mass is 305 g/mol. The van der Waals surface area contributed by atoms with Crippen LogP contribution in [0.4, 0.5) is 13.2 Å². The van der Waals surface area contributed by atoms with Gasteiger partial charge in [-0.1, -0.05) is 12.5 Å². The normalized spacial score (nSPS) is 11.7. The zero-order valence-corrected chi connectivity index (χ0v) is 12.2. The Kier molecular flexibility index (Phi) is 7.53. The summed E-state index contributed by atoms with van der Waals surface area (Å²) < 4.78 is 44.3. The minimum absolute atomic E-state index is 0.121. The third-order valence-electron chi connectivity index (χ3n) is 3.04. The Labute approximate surface area is 123 Å². The van der Waals surface area contributed by atoms with Gasteiger partial charge < -0.3 is 15.2 Å². The van der Waals surface area contributed by atoms with Crippen molar-refractivity contribution in [1.82, 2.24) is 5.32 Å². The molecule has 0 aliphatic rings. The van der Waals surface area contributed by atoms with Crippen molar-refractivity contribution in [2.24, 2.45) is 0 Å². The molecular formula is C15H22F3NO2. The van der Waals surface area contributed by atoms with E-state index in [1.807, 2.05) is 0 Å². The highest BCUT2D eigenvalue weighted by atomic mass is 19.4. The van der Waals surface area contributed by atoms with Gasteiger partial charge in [-0.05, 0) is 44.0 Å². The molecule has 0 spiro atoms. The van der Waals surface area contributed by atoms with E-state index in [2.05, 4.69) is 5.32 Å². The number of halogens is 3. The first-order valence-corrected chi connectivity index (χ1v) is 7.07. The van der Waals surface area contributed by atoms with E-state index in [4.69, 9.17) is 9.84 Å². The molecule has 0 amide bonds. The van der Waals surface area contributed by atoms with Crippen molar-refractivity contribution in [3.63, 3.8) is 0 Å². The molecule has 1 aromatic carbocycles. The molecular weight excluding hydrogens is 283 g/mol. The molecule has 0 aliphatic carbocycles. The highest BCUT2D eigenvalue weighted by molar-refractivity contribution is 5.39. The standard InChI is InChI=1S/C15H22F3NO2/c1-19-11-12-6-7-14(13(10-12)15(16,17)18)21-9-5-3-2-4-8-20/h6-7,10,19-20H,2-5,8-9,11H2,1H3. The highest BCUT2D eigenvalue weighted by Gasteiger charge is 2.34. The van der Waals surface area contributed by atoms with Crippen LogP contribution in [0.15, 0.2) is 18.2 Å². The Balaban J connectivity index is 2.63. The molecule has 1 rings (SSSR count). The summed E-state index contributed by atoms with van der Waals surface area (Å²) in [5.74, 6) is -0.121. The number of benzene rings is 1. The van der Waals surface area contributed by atoms with Gasteiger partial charge in [-0.25, -0.2) is 0 Å². The lowest BCUT2D eigenvalue weighted by Gasteiger charge is -2.15. The van der Waals surface area contributed by atoms with E-state index in [9.17, 15) is 13.2 Å². The van der Waals surface area contributed by atoms with Gasteiger partial charge in [0.2, 0.25) is 0 Å². The second-order valence-electron chi connectivity index (χ2n) is 4.84. The van der Waals surface area contributed by atoms with Crippen LogP contribution >= 0.6 is 0 Å². The number of hydrogen-bond acceptors (Lipinski definition) is 3. The topological polar surface area (TPSA) is 41.5 Å². The molecule has 6 heteroatoms. The van der Waals surface area contributed by atoms with E-state index < -0.39 is 11.7 Å². The number of alkyl halides is 3. The van der Waals surface area contributed by atoms with Gasteiger partial charge in [-0.15, -0.1) is 0 Å². The Morgan fingerprint density at radius 3 is 2.48 bits per heavy atom. The second kappa shape index (κ2) is 8.89. The first-order valence-electron chi connectivity index (χ1n) is 7.07. The smallest absolute Gasteiger partial charge is 0.419 e. The number of aliphatic hydroxyl groups is 1. The molecule has 0 radical (unpaired) electrons. The molecule has 2 N–H and O–H groups in total. The fraction of sp³-hybridized carbons (Fsp3) is 0.600. The van der Waals surface area contributed by atoms with Crippen LogP contribution in [-0.4, -0.2) is 25.4 Å². The third-order valence-corrected chi connectivity index (χ3v) is 3.04. The Morgan fingerprint density at radius 1 is 1.14 bits per heavy atom. The predicted octanol–water partition coefficient (Wildman–Crippen LogP) is 3.36. The molecule has 21 heavy (non-hydrogen) atoms. The third kappa shape index (κ3) is 6.35. The predicted molar refractivity (Wildman–Crippen MR) is 75.3 cm³/mol. The zero-order valence-electron chi connectivity index (χ0n) is 12.2. The average Bonchev–Trinajstić information content (AvgIpc) is 2.43. The maximum atomic E-state index is 13.0. The lowest BCUT2D eigenvalue weighted by Crippen LogP contribution is -2.12. The summed E-state index contributed by atoms with van der Waals surface area (Å²) in [4.78, 5) is 0. The van der Waals surface area contributed by atoms with Crippen molar-refractivity contribution in [1.29, 1.82) is 0 Å². The van der Waals surface area contributed by atoms with Gasteiger partial charge in [0, 0.05) is 13.2 Å². The van der Waals surface area contributed by atoms with Gasteiger partial charge in [0.1, 0.15) is 5.75 Å². The zero-order chi connectivity index (χ0) is 15.7. The Morgan fingerprint density at radius 2 is 1.86 bits per heavy atom. The Bertz CT molecular complexity index is 422. The average molecular weight is 305 g/mol. The minimum atomic E-state index is -4.42. The molecule has 0 bridgehead atoms. The van der Waals surface area contributed by atoms with Gasteiger partial charge in [-0.2, -0.15) is 13.2 Å². The van der Waals surface area contributed by atoms with E-state index in [-0.39, 0.29) is 19.0 Å². The Hall–Kier alpha value is -1.27. The molecule has 1 aromatic rings. The summed E-state index contributed by atoms with van der Waals surface area (Å²) in [5, 5.41) is 11.5. The summed E-state index contributed by atoms with van der Waals surface area (Å²) in [6, 6.07) is 4.13.